The first kappa shape index (κ1) is 14.3. The molecule has 2 aromatic rings. The molecule has 0 saturated heterocycles. The van der Waals surface area contributed by atoms with Gasteiger partial charge in [0.2, 0.25) is 0 Å². The molecule has 0 aliphatic carbocycles. The molecule has 1 N–H and O–H groups in total. The zero-order chi connectivity index (χ0) is 14.7. The highest BCUT2D eigenvalue weighted by Gasteiger charge is 2.29. The number of nitrogens with one attached hydrogen (secondary N) is 1. The molecule has 0 radical (unpaired) electrons. The van der Waals surface area contributed by atoms with Crippen LogP contribution in [0, 0.1) is 6.92 Å². The van der Waals surface area contributed by atoms with Crippen LogP contribution < -0.4 is 5.32 Å². The molecule has 0 fully saturated rings. The topological polar surface area (TPSA) is 21.3 Å². The van der Waals surface area contributed by atoms with E-state index < -0.39 is 0 Å². The van der Waals surface area contributed by atoms with Crippen LogP contribution in [-0.4, -0.2) is 13.2 Å². The van der Waals surface area contributed by atoms with Crippen LogP contribution in [0.4, 0.5) is 0 Å². The van der Waals surface area contributed by atoms with Gasteiger partial charge in [0.15, 0.2) is 0 Å². The molecule has 2 nitrogen and oxygen atoms in total. The number of fused-ring (bicyclic) bond motifs is 1. The van der Waals surface area contributed by atoms with Crippen LogP contribution in [0.25, 0.3) is 0 Å². The van der Waals surface area contributed by atoms with Crippen LogP contribution in [0.2, 0.25) is 0 Å². The fourth-order valence-electron chi connectivity index (χ4n) is 3.18. The van der Waals surface area contributed by atoms with Crippen LogP contribution in [0.1, 0.15) is 41.3 Å². The Morgan fingerprint density at radius 3 is 2.86 bits per heavy atom. The van der Waals surface area contributed by atoms with Gasteiger partial charge in [0.25, 0.3) is 0 Å². The molecule has 2 atom stereocenters. The minimum Gasteiger partial charge on any atom is -0.371 e. The molecule has 0 spiro atoms. The third-order valence-electron chi connectivity index (χ3n) is 4.16. The lowest BCUT2D eigenvalue weighted by molar-refractivity contribution is 0.0151. The van der Waals surface area contributed by atoms with Gasteiger partial charge >= 0.3 is 0 Å². The summed E-state index contributed by atoms with van der Waals surface area (Å²) in [5.74, 6) is 0. The largest absolute Gasteiger partial charge is 0.371 e. The Morgan fingerprint density at radius 2 is 2.05 bits per heavy atom. The number of likely N-dealkylation sites (N-methyl/N-ethyl adjacent to an activating group) is 1. The number of aryl methyl sites for hydroxylation is 1. The molecule has 1 aliphatic rings. The van der Waals surface area contributed by atoms with Crippen LogP contribution in [-0.2, 0) is 11.2 Å². The number of hydrogen-bond donors (Lipinski definition) is 1. The quantitative estimate of drug-likeness (QED) is 0.916. The highest BCUT2D eigenvalue weighted by atomic mass is 16.5. The molecule has 0 bridgehead atoms. The van der Waals surface area contributed by atoms with E-state index in [0.29, 0.717) is 0 Å². The first-order chi connectivity index (χ1) is 10.3. The number of ether oxygens (including phenoxy) is 1. The van der Waals surface area contributed by atoms with Crippen molar-refractivity contribution >= 4 is 0 Å². The predicted molar refractivity (Wildman–Crippen MR) is 86.4 cm³/mol. The first-order valence-electron chi connectivity index (χ1n) is 7.79. The highest BCUT2D eigenvalue weighted by Crippen LogP contribution is 2.37. The summed E-state index contributed by atoms with van der Waals surface area (Å²) in [4.78, 5) is 0. The molecule has 1 aliphatic heterocycles. The van der Waals surface area contributed by atoms with Gasteiger partial charge < -0.3 is 10.1 Å². The molecule has 0 amide bonds. The fourth-order valence-corrected chi connectivity index (χ4v) is 3.18. The Bertz CT molecular complexity index is 608. The number of benzene rings is 2. The Balaban J connectivity index is 1.99. The summed E-state index contributed by atoms with van der Waals surface area (Å²) in [6.07, 6.45) is 1.11. The van der Waals surface area contributed by atoms with E-state index in [0.717, 1.165) is 19.6 Å². The van der Waals surface area contributed by atoms with Crippen molar-refractivity contribution in [3.05, 3.63) is 70.8 Å². The average molecular weight is 281 g/mol. The van der Waals surface area contributed by atoms with Gasteiger partial charge in [0.05, 0.1) is 12.6 Å². The number of hydrogen-bond acceptors (Lipinski definition) is 2. The summed E-state index contributed by atoms with van der Waals surface area (Å²) in [6, 6.07) is 17.6. The van der Waals surface area contributed by atoms with E-state index in [-0.39, 0.29) is 12.1 Å². The van der Waals surface area contributed by atoms with Crippen molar-refractivity contribution in [3.63, 3.8) is 0 Å². The van der Waals surface area contributed by atoms with Gasteiger partial charge in [-0.05, 0) is 36.6 Å². The zero-order valence-corrected chi connectivity index (χ0v) is 12.8. The van der Waals surface area contributed by atoms with Crippen molar-refractivity contribution in [2.75, 3.05) is 13.2 Å². The second kappa shape index (κ2) is 6.42. The van der Waals surface area contributed by atoms with Crippen LogP contribution >= 0.6 is 0 Å². The lowest BCUT2D eigenvalue weighted by Crippen LogP contribution is -2.31. The Kier molecular flexibility index (Phi) is 4.37. The summed E-state index contributed by atoms with van der Waals surface area (Å²) in [6.45, 7) is 6.02. The van der Waals surface area contributed by atoms with Gasteiger partial charge in [-0.3, -0.25) is 0 Å². The zero-order valence-electron chi connectivity index (χ0n) is 12.8. The third-order valence-corrected chi connectivity index (χ3v) is 4.16. The third kappa shape index (κ3) is 3.02. The smallest absolute Gasteiger partial charge is 0.102 e. The van der Waals surface area contributed by atoms with E-state index in [1.54, 1.807) is 0 Å². The molecule has 2 unspecified atom stereocenters. The Morgan fingerprint density at radius 1 is 1.19 bits per heavy atom. The van der Waals surface area contributed by atoms with Gasteiger partial charge in [-0.15, -0.1) is 0 Å². The molecule has 1 heterocycles. The fraction of sp³-hybridized carbons (Fsp3) is 0.368. The lowest BCUT2D eigenvalue weighted by atomic mass is 9.89. The molecule has 21 heavy (non-hydrogen) atoms. The van der Waals surface area contributed by atoms with E-state index in [1.807, 2.05) is 0 Å². The molecular weight excluding hydrogens is 258 g/mol. The van der Waals surface area contributed by atoms with Crippen molar-refractivity contribution in [1.82, 2.24) is 5.32 Å². The second-order valence-corrected chi connectivity index (χ2v) is 5.69. The van der Waals surface area contributed by atoms with Gasteiger partial charge in [0.1, 0.15) is 6.10 Å². The highest BCUT2D eigenvalue weighted by molar-refractivity contribution is 5.35. The predicted octanol–water partition coefficient (Wildman–Crippen LogP) is 3.96. The molecule has 2 heteroatoms. The van der Waals surface area contributed by atoms with E-state index in [9.17, 15) is 0 Å². The molecule has 0 saturated carbocycles. The Hall–Kier alpha value is -1.64. The van der Waals surface area contributed by atoms with Crippen molar-refractivity contribution in [2.24, 2.45) is 0 Å². The van der Waals surface area contributed by atoms with Crippen LogP contribution in [0.3, 0.4) is 0 Å². The Labute approximate surface area is 127 Å². The molecule has 110 valence electrons. The SMILES string of the molecule is CCNC(c1cccc(C)c1)C1OCCc2ccccc21. The van der Waals surface area contributed by atoms with Crippen molar-refractivity contribution in [1.29, 1.82) is 0 Å². The van der Waals surface area contributed by atoms with Crippen molar-refractivity contribution in [3.8, 4) is 0 Å². The summed E-state index contributed by atoms with van der Waals surface area (Å²) in [7, 11) is 0. The number of rotatable bonds is 4. The summed E-state index contributed by atoms with van der Waals surface area (Å²) in [5.41, 5.74) is 5.35. The van der Waals surface area contributed by atoms with Crippen LogP contribution in [0.5, 0.6) is 0 Å². The summed E-state index contributed by atoms with van der Waals surface area (Å²) in [5, 5.41) is 3.61. The molecule has 2 aromatic carbocycles. The van der Waals surface area contributed by atoms with E-state index >= 15 is 0 Å². The van der Waals surface area contributed by atoms with Crippen LogP contribution in [0.15, 0.2) is 48.5 Å². The summed E-state index contributed by atoms with van der Waals surface area (Å²) < 4.78 is 6.15. The second-order valence-electron chi connectivity index (χ2n) is 5.69. The molecular formula is C19H23NO. The maximum atomic E-state index is 6.15. The lowest BCUT2D eigenvalue weighted by Gasteiger charge is -2.33. The normalized spacial score (nSPS) is 19.0. The van der Waals surface area contributed by atoms with Gasteiger partial charge in [-0.1, -0.05) is 61.0 Å². The van der Waals surface area contributed by atoms with Crippen molar-refractivity contribution in [2.45, 2.75) is 32.4 Å². The maximum Gasteiger partial charge on any atom is 0.102 e. The van der Waals surface area contributed by atoms with Crippen molar-refractivity contribution < 1.29 is 4.74 Å². The monoisotopic (exact) mass is 281 g/mol. The van der Waals surface area contributed by atoms with E-state index in [1.165, 1.54) is 22.3 Å². The standard InChI is InChI=1S/C19H23NO/c1-3-20-18(16-9-6-7-14(2)13-16)19-17-10-5-4-8-15(17)11-12-21-19/h4-10,13,18-20H,3,11-12H2,1-2H3. The molecule has 0 aromatic heterocycles. The van der Waals surface area contributed by atoms with E-state index in [2.05, 4.69) is 67.7 Å². The minimum atomic E-state index is 0.0942. The van der Waals surface area contributed by atoms with Gasteiger partial charge in [-0.25, -0.2) is 0 Å². The summed E-state index contributed by atoms with van der Waals surface area (Å²) >= 11 is 0. The van der Waals surface area contributed by atoms with E-state index in [4.69, 9.17) is 4.74 Å². The molecule has 3 rings (SSSR count). The first-order valence-corrected chi connectivity index (χ1v) is 7.79. The maximum absolute atomic E-state index is 6.15. The average Bonchev–Trinajstić information content (AvgIpc) is 2.52. The minimum absolute atomic E-state index is 0.0942. The van der Waals surface area contributed by atoms with Gasteiger partial charge in [-0.2, -0.15) is 0 Å². The van der Waals surface area contributed by atoms with Gasteiger partial charge in [0, 0.05) is 0 Å².